The number of aryl methyl sites for hydroxylation is 1. The van der Waals surface area contributed by atoms with Gasteiger partial charge in [0, 0.05) is 40.8 Å². The van der Waals surface area contributed by atoms with Gasteiger partial charge < -0.3 is 9.30 Å². The van der Waals surface area contributed by atoms with E-state index in [2.05, 4.69) is 51.9 Å². The van der Waals surface area contributed by atoms with E-state index in [0.717, 1.165) is 11.1 Å². The highest BCUT2D eigenvalue weighted by atomic mass is 79.9. The van der Waals surface area contributed by atoms with Crippen molar-refractivity contribution in [3.63, 3.8) is 0 Å². The predicted molar refractivity (Wildman–Crippen MR) is 65.9 cm³/mol. The van der Waals surface area contributed by atoms with Gasteiger partial charge in [-0.05, 0) is 19.1 Å². The minimum atomic E-state index is 0.690. The Morgan fingerprint density at radius 2 is 2.20 bits per heavy atom. The summed E-state index contributed by atoms with van der Waals surface area (Å²) in [6.45, 7) is 3.46. The molecule has 3 heteroatoms. The van der Waals surface area contributed by atoms with Gasteiger partial charge in [0.2, 0.25) is 0 Å². The Balaban J connectivity index is 2.48. The fraction of sp³-hybridized carbons (Fsp3) is 0.333. The largest absolute Gasteiger partial charge is 0.377 e. The van der Waals surface area contributed by atoms with Crippen LogP contribution in [-0.2, 0) is 18.4 Å². The Hall–Kier alpha value is -0.800. The van der Waals surface area contributed by atoms with Gasteiger partial charge in [-0.15, -0.1) is 0 Å². The SMILES string of the molecule is CCOCc1cn(C)c2cc(Br)ccc12. The molecule has 2 rings (SSSR count). The van der Waals surface area contributed by atoms with Crippen molar-refractivity contribution in [3.05, 3.63) is 34.4 Å². The van der Waals surface area contributed by atoms with Crippen molar-refractivity contribution in [1.29, 1.82) is 0 Å². The zero-order valence-electron chi connectivity index (χ0n) is 8.96. The summed E-state index contributed by atoms with van der Waals surface area (Å²) >= 11 is 3.48. The quantitative estimate of drug-likeness (QED) is 0.831. The number of nitrogens with zero attached hydrogens (tertiary/aromatic N) is 1. The van der Waals surface area contributed by atoms with Gasteiger partial charge in [0.1, 0.15) is 0 Å². The highest BCUT2D eigenvalue weighted by Gasteiger charge is 2.06. The molecule has 0 aliphatic heterocycles. The topological polar surface area (TPSA) is 14.2 Å². The molecule has 0 N–H and O–H groups in total. The Morgan fingerprint density at radius 3 is 2.93 bits per heavy atom. The second kappa shape index (κ2) is 4.37. The molecule has 1 aromatic carbocycles. The van der Waals surface area contributed by atoms with Crippen LogP contribution in [0.4, 0.5) is 0 Å². The van der Waals surface area contributed by atoms with Crippen LogP contribution in [0.1, 0.15) is 12.5 Å². The molecule has 15 heavy (non-hydrogen) atoms. The summed E-state index contributed by atoms with van der Waals surface area (Å²) in [7, 11) is 2.06. The molecule has 1 aromatic heterocycles. The number of benzene rings is 1. The second-order valence-electron chi connectivity index (χ2n) is 3.56. The molecule has 0 bridgehead atoms. The van der Waals surface area contributed by atoms with E-state index in [-0.39, 0.29) is 0 Å². The first-order chi connectivity index (χ1) is 7.22. The van der Waals surface area contributed by atoms with Crippen molar-refractivity contribution in [2.75, 3.05) is 6.61 Å². The van der Waals surface area contributed by atoms with Crippen LogP contribution in [0.2, 0.25) is 0 Å². The maximum Gasteiger partial charge on any atom is 0.0737 e. The highest BCUT2D eigenvalue weighted by molar-refractivity contribution is 9.10. The standard InChI is InChI=1S/C12H14BrNO/c1-3-15-8-9-7-14(2)12-6-10(13)4-5-11(9)12/h4-7H,3,8H2,1-2H3. The third kappa shape index (κ3) is 2.08. The minimum Gasteiger partial charge on any atom is -0.377 e. The Labute approximate surface area is 98.0 Å². The van der Waals surface area contributed by atoms with Crippen molar-refractivity contribution in [2.45, 2.75) is 13.5 Å². The molecule has 0 atom stereocenters. The fourth-order valence-corrected chi connectivity index (χ4v) is 2.12. The number of rotatable bonds is 3. The van der Waals surface area contributed by atoms with Crippen molar-refractivity contribution in [1.82, 2.24) is 4.57 Å². The third-order valence-electron chi connectivity index (χ3n) is 2.50. The van der Waals surface area contributed by atoms with Gasteiger partial charge in [0.05, 0.1) is 6.61 Å². The second-order valence-corrected chi connectivity index (χ2v) is 4.48. The Morgan fingerprint density at radius 1 is 1.40 bits per heavy atom. The van der Waals surface area contributed by atoms with Crippen LogP contribution in [0.3, 0.4) is 0 Å². The molecule has 2 nitrogen and oxygen atoms in total. The summed E-state index contributed by atoms with van der Waals surface area (Å²) in [5.41, 5.74) is 2.49. The van der Waals surface area contributed by atoms with Crippen LogP contribution in [-0.4, -0.2) is 11.2 Å². The summed E-state index contributed by atoms with van der Waals surface area (Å²) in [4.78, 5) is 0. The summed E-state index contributed by atoms with van der Waals surface area (Å²) in [5, 5.41) is 1.27. The van der Waals surface area contributed by atoms with Crippen LogP contribution in [0, 0.1) is 0 Å². The van der Waals surface area contributed by atoms with Crippen LogP contribution in [0.15, 0.2) is 28.9 Å². The van der Waals surface area contributed by atoms with E-state index in [9.17, 15) is 0 Å². The van der Waals surface area contributed by atoms with Crippen molar-refractivity contribution >= 4 is 26.8 Å². The average molecular weight is 268 g/mol. The molecule has 1 heterocycles. The van der Waals surface area contributed by atoms with Gasteiger partial charge in [-0.1, -0.05) is 22.0 Å². The lowest BCUT2D eigenvalue weighted by Gasteiger charge is -1.99. The zero-order chi connectivity index (χ0) is 10.8. The first-order valence-electron chi connectivity index (χ1n) is 5.03. The molecular weight excluding hydrogens is 254 g/mol. The molecule has 0 amide bonds. The maximum absolute atomic E-state index is 5.45. The number of ether oxygens (including phenoxy) is 1. The molecule has 0 spiro atoms. The molecule has 0 unspecified atom stereocenters. The number of halogens is 1. The van der Waals surface area contributed by atoms with Crippen LogP contribution >= 0.6 is 15.9 Å². The Bertz CT molecular complexity index is 476. The van der Waals surface area contributed by atoms with E-state index in [1.54, 1.807) is 0 Å². The number of fused-ring (bicyclic) bond motifs is 1. The van der Waals surface area contributed by atoms with Gasteiger partial charge in [-0.2, -0.15) is 0 Å². The van der Waals surface area contributed by atoms with Crippen LogP contribution in [0.5, 0.6) is 0 Å². The normalized spacial score (nSPS) is 11.1. The van der Waals surface area contributed by atoms with Gasteiger partial charge >= 0.3 is 0 Å². The van der Waals surface area contributed by atoms with E-state index in [4.69, 9.17) is 4.74 Å². The van der Waals surface area contributed by atoms with Crippen LogP contribution < -0.4 is 0 Å². The molecule has 80 valence electrons. The number of hydrogen-bond donors (Lipinski definition) is 0. The first kappa shape index (κ1) is 10.7. The molecule has 0 saturated carbocycles. The lowest BCUT2D eigenvalue weighted by Crippen LogP contribution is -1.90. The monoisotopic (exact) mass is 267 g/mol. The average Bonchev–Trinajstić information content (AvgIpc) is 2.53. The third-order valence-corrected chi connectivity index (χ3v) is 2.99. The van der Waals surface area contributed by atoms with Crippen LogP contribution in [0.25, 0.3) is 10.9 Å². The fourth-order valence-electron chi connectivity index (χ4n) is 1.77. The number of aromatic nitrogens is 1. The highest BCUT2D eigenvalue weighted by Crippen LogP contribution is 2.24. The molecule has 0 aliphatic rings. The number of hydrogen-bond acceptors (Lipinski definition) is 1. The van der Waals surface area contributed by atoms with Crippen molar-refractivity contribution < 1.29 is 4.74 Å². The first-order valence-corrected chi connectivity index (χ1v) is 5.83. The van der Waals surface area contributed by atoms with E-state index < -0.39 is 0 Å². The summed E-state index contributed by atoms with van der Waals surface area (Å²) < 4.78 is 8.69. The lowest BCUT2D eigenvalue weighted by atomic mass is 10.2. The predicted octanol–water partition coefficient (Wildman–Crippen LogP) is 3.48. The lowest BCUT2D eigenvalue weighted by molar-refractivity contribution is 0.135. The van der Waals surface area contributed by atoms with E-state index >= 15 is 0 Å². The summed E-state index contributed by atoms with van der Waals surface area (Å²) in [5.74, 6) is 0. The maximum atomic E-state index is 5.45. The molecular formula is C12H14BrNO. The van der Waals surface area contributed by atoms with E-state index in [1.165, 1.54) is 16.5 Å². The van der Waals surface area contributed by atoms with Gasteiger partial charge in [-0.25, -0.2) is 0 Å². The van der Waals surface area contributed by atoms with Gasteiger partial charge in [-0.3, -0.25) is 0 Å². The van der Waals surface area contributed by atoms with Crippen molar-refractivity contribution in [2.24, 2.45) is 7.05 Å². The van der Waals surface area contributed by atoms with E-state index in [0.29, 0.717) is 6.61 Å². The van der Waals surface area contributed by atoms with Gasteiger partial charge in [0.15, 0.2) is 0 Å². The van der Waals surface area contributed by atoms with Gasteiger partial charge in [0.25, 0.3) is 0 Å². The van der Waals surface area contributed by atoms with E-state index in [1.807, 2.05) is 6.92 Å². The molecule has 0 saturated heterocycles. The molecule has 2 aromatic rings. The molecule has 0 aliphatic carbocycles. The Kier molecular flexibility index (Phi) is 3.12. The smallest absolute Gasteiger partial charge is 0.0737 e. The molecule has 0 radical (unpaired) electrons. The summed E-state index contributed by atoms with van der Waals surface area (Å²) in [6, 6.07) is 6.33. The minimum absolute atomic E-state index is 0.690. The molecule has 0 fully saturated rings. The zero-order valence-corrected chi connectivity index (χ0v) is 10.5. The van der Waals surface area contributed by atoms with Crippen molar-refractivity contribution in [3.8, 4) is 0 Å². The summed E-state index contributed by atoms with van der Waals surface area (Å²) in [6.07, 6.45) is 2.13.